The first-order valence-electron chi connectivity index (χ1n) is 9.56. The molecule has 27 heavy (non-hydrogen) atoms. The van der Waals surface area contributed by atoms with Crippen LogP contribution in [0.2, 0.25) is 0 Å². The summed E-state index contributed by atoms with van der Waals surface area (Å²) in [6.07, 6.45) is 5.21. The Kier molecular flexibility index (Phi) is 5.80. The molecule has 0 unspecified atom stereocenters. The van der Waals surface area contributed by atoms with Crippen LogP contribution in [0.3, 0.4) is 0 Å². The topological polar surface area (TPSA) is 73.7 Å². The Hall–Kier alpha value is -2.40. The van der Waals surface area contributed by atoms with Gasteiger partial charge in [-0.3, -0.25) is 9.78 Å². The number of aliphatic hydroxyl groups is 1. The Balaban J connectivity index is 1.52. The molecular weight excluding hydrogens is 340 g/mol. The SMILES string of the molecule is Cc1ccc(CCC(=O)N(C)C2CCC(O)(c3ccc(O)cn3)CC2)cc1. The number of carbonyl (C=O) groups is 1. The van der Waals surface area contributed by atoms with E-state index in [0.29, 0.717) is 25.0 Å². The Morgan fingerprint density at radius 1 is 1.19 bits per heavy atom. The first-order valence-corrected chi connectivity index (χ1v) is 9.56. The summed E-state index contributed by atoms with van der Waals surface area (Å²) >= 11 is 0. The van der Waals surface area contributed by atoms with Crippen molar-refractivity contribution >= 4 is 5.91 Å². The number of pyridine rings is 1. The lowest BCUT2D eigenvalue weighted by molar-refractivity contribution is -0.134. The quantitative estimate of drug-likeness (QED) is 0.849. The Bertz CT molecular complexity index is 763. The van der Waals surface area contributed by atoms with Crippen LogP contribution in [-0.4, -0.2) is 39.1 Å². The Labute approximate surface area is 160 Å². The summed E-state index contributed by atoms with van der Waals surface area (Å²) in [6, 6.07) is 11.7. The summed E-state index contributed by atoms with van der Waals surface area (Å²) in [7, 11) is 1.87. The van der Waals surface area contributed by atoms with Crippen LogP contribution < -0.4 is 0 Å². The molecule has 1 aliphatic rings. The third-order valence-corrected chi connectivity index (χ3v) is 5.70. The maximum Gasteiger partial charge on any atom is 0.222 e. The van der Waals surface area contributed by atoms with Gasteiger partial charge in [0.1, 0.15) is 11.4 Å². The molecule has 1 aromatic heterocycles. The van der Waals surface area contributed by atoms with Crippen molar-refractivity contribution in [1.82, 2.24) is 9.88 Å². The van der Waals surface area contributed by atoms with E-state index in [2.05, 4.69) is 36.2 Å². The summed E-state index contributed by atoms with van der Waals surface area (Å²) in [5.41, 5.74) is 2.02. The second kappa shape index (κ2) is 8.09. The number of nitrogens with zero attached hydrogens (tertiary/aromatic N) is 2. The summed E-state index contributed by atoms with van der Waals surface area (Å²) in [5, 5.41) is 20.3. The Morgan fingerprint density at radius 2 is 1.85 bits per heavy atom. The fourth-order valence-electron chi connectivity index (χ4n) is 3.77. The number of hydrogen-bond acceptors (Lipinski definition) is 4. The molecule has 0 spiro atoms. The van der Waals surface area contributed by atoms with Crippen LogP contribution >= 0.6 is 0 Å². The van der Waals surface area contributed by atoms with E-state index in [-0.39, 0.29) is 17.7 Å². The predicted octanol–water partition coefficient (Wildman–Crippen LogP) is 3.32. The molecule has 0 atom stereocenters. The van der Waals surface area contributed by atoms with Gasteiger partial charge in [0.15, 0.2) is 0 Å². The first kappa shape index (κ1) is 19.4. The molecule has 0 radical (unpaired) electrons. The maximum absolute atomic E-state index is 12.6. The highest BCUT2D eigenvalue weighted by atomic mass is 16.3. The van der Waals surface area contributed by atoms with Crippen LogP contribution in [0.25, 0.3) is 0 Å². The van der Waals surface area contributed by atoms with Gasteiger partial charge < -0.3 is 15.1 Å². The second-order valence-electron chi connectivity index (χ2n) is 7.65. The number of aryl methyl sites for hydroxylation is 2. The average molecular weight is 368 g/mol. The van der Waals surface area contributed by atoms with Crippen LogP contribution in [0, 0.1) is 6.92 Å². The molecule has 1 saturated carbocycles. The van der Waals surface area contributed by atoms with E-state index in [1.54, 1.807) is 12.1 Å². The summed E-state index contributed by atoms with van der Waals surface area (Å²) in [4.78, 5) is 18.6. The number of amides is 1. The Morgan fingerprint density at radius 3 is 2.44 bits per heavy atom. The number of hydrogen-bond donors (Lipinski definition) is 2. The van der Waals surface area contributed by atoms with Crippen molar-refractivity contribution in [2.75, 3.05) is 7.05 Å². The minimum atomic E-state index is -0.976. The molecule has 1 heterocycles. The zero-order valence-electron chi connectivity index (χ0n) is 16.1. The normalized spacial score (nSPS) is 22.4. The van der Waals surface area contributed by atoms with Gasteiger partial charge in [-0.1, -0.05) is 29.8 Å². The maximum atomic E-state index is 12.6. The highest BCUT2D eigenvalue weighted by Crippen LogP contribution is 2.37. The van der Waals surface area contributed by atoms with Crippen LogP contribution in [0.5, 0.6) is 5.75 Å². The van der Waals surface area contributed by atoms with Crippen molar-refractivity contribution in [3.8, 4) is 5.75 Å². The van der Waals surface area contributed by atoms with Gasteiger partial charge in [0, 0.05) is 19.5 Å². The summed E-state index contributed by atoms with van der Waals surface area (Å²) in [5.74, 6) is 0.240. The van der Waals surface area contributed by atoms with Gasteiger partial charge in [-0.2, -0.15) is 0 Å². The minimum absolute atomic E-state index is 0.0925. The van der Waals surface area contributed by atoms with E-state index >= 15 is 0 Å². The standard InChI is InChI=1S/C22H28N2O3/c1-16-3-5-17(6-4-16)7-10-21(26)24(2)18-11-13-22(27,14-12-18)20-9-8-19(25)15-23-20/h3-6,8-9,15,18,25,27H,7,10-14H2,1-2H3. The minimum Gasteiger partial charge on any atom is -0.506 e. The van der Waals surface area contributed by atoms with Gasteiger partial charge in [-0.15, -0.1) is 0 Å². The van der Waals surface area contributed by atoms with Gasteiger partial charge >= 0.3 is 0 Å². The number of aromatic nitrogens is 1. The highest BCUT2D eigenvalue weighted by molar-refractivity contribution is 5.76. The van der Waals surface area contributed by atoms with Crippen molar-refractivity contribution in [3.05, 3.63) is 59.4 Å². The molecule has 1 aromatic carbocycles. The molecule has 0 bridgehead atoms. The average Bonchev–Trinajstić information content (AvgIpc) is 2.68. The molecule has 2 N–H and O–H groups in total. The highest BCUT2D eigenvalue weighted by Gasteiger charge is 2.37. The number of aromatic hydroxyl groups is 1. The molecule has 1 fully saturated rings. The van der Waals surface area contributed by atoms with Crippen molar-refractivity contribution < 1.29 is 15.0 Å². The third-order valence-electron chi connectivity index (χ3n) is 5.70. The van der Waals surface area contributed by atoms with E-state index in [0.717, 1.165) is 19.3 Å². The van der Waals surface area contributed by atoms with Crippen molar-refractivity contribution in [2.45, 2.75) is 57.1 Å². The van der Waals surface area contributed by atoms with Crippen LogP contribution in [0.1, 0.15) is 48.9 Å². The lowest BCUT2D eigenvalue weighted by Gasteiger charge is -2.39. The van der Waals surface area contributed by atoms with Crippen LogP contribution in [-0.2, 0) is 16.8 Å². The largest absolute Gasteiger partial charge is 0.506 e. The zero-order valence-corrected chi connectivity index (χ0v) is 16.1. The fraction of sp³-hybridized carbons (Fsp3) is 0.455. The van der Waals surface area contributed by atoms with Crippen molar-refractivity contribution in [3.63, 3.8) is 0 Å². The van der Waals surface area contributed by atoms with E-state index < -0.39 is 5.60 Å². The van der Waals surface area contributed by atoms with E-state index in [9.17, 15) is 15.0 Å². The van der Waals surface area contributed by atoms with Crippen molar-refractivity contribution in [2.24, 2.45) is 0 Å². The van der Waals surface area contributed by atoms with E-state index in [1.165, 1.54) is 17.3 Å². The molecule has 1 aliphatic carbocycles. The molecule has 0 saturated heterocycles. The molecule has 1 amide bonds. The van der Waals surface area contributed by atoms with Gasteiger partial charge in [-0.25, -0.2) is 0 Å². The van der Waals surface area contributed by atoms with Gasteiger partial charge in [0.25, 0.3) is 0 Å². The van der Waals surface area contributed by atoms with Gasteiger partial charge in [-0.05, 0) is 56.7 Å². The molecular formula is C22H28N2O3. The molecule has 3 rings (SSSR count). The lowest BCUT2D eigenvalue weighted by Crippen LogP contribution is -2.43. The smallest absolute Gasteiger partial charge is 0.222 e. The number of carbonyl (C=O) groups excluding carboxylic acids is 1. The van der Waals surface area contributed by atoms with Crippen LogP contribution in [0.4, 0.5) is 0 Å². The molecule has 0 aliphatic heterocycles. The molecule has 144 valence electrons. The van der Waals surface area contributed by atoms with Gasteiger partial charge in [0.05, 0.1) is 11.9 Å². The number of rotatable bonds is 5. The zero-order chi connectivity index (χ0) is 19.4. The summed E-state index contributed by atoms with van der Waals surface area (Å²) < 4.78 is 0. The molecule has 2 aromatic rings. The van der Waals surface area contributed by atoms with Crippen molar-refractivity contribution in [1.29, 1.82) is 0 Å². The number of benzene rings is 1. The van der Waals surface area contributed by atoms with E-state index in [1.807, 2.05) is 11.9 Å². The molecule has 5 nitrogen and oxygen atoms in total. The predicted molar refractivity (Wildman–Crippen MR) is 104 cm³/mol. The summed E-state index contributed by atoms with van der Waals surface area (Å²) in [6.45, 7) is 2.06. The van der Waals surface area contributed by atoms with Crippen LogP contribution in [0.15, 0.2) is 42.6 Å². The third kappa shape index (κ3) is 4.66. The first-order chi connectivity index (χ1) is 12.9. The van der Waals surface area contributed by atoms with E-state index in [4.69, 9.17) is 0 Å². The fourth-order valence-corrected chi connectivity index (χ4v) is 3.77. The van der Waals surface area contributed by atoms with Gasteiger partial charge in [0.2, 0.25) is 5.91 Å². The lowest BCUT2D eigenvalue weighted by atomic mass is 9.79. The molecule has 5 heteroatoms. The second-order valence-corrected chi connectivity index (χ2v) is 7.65. The monoisotopic (exact) mass is 368 g/mol.